The zero-order valence-electron chi connectivity index (χ0n) is 19.5. The molecule has 2 heterocycles. The standard InChI is InChI=1S/C26H31Cl2NO4/c1-25(2,3)33-24(30)8-11-29-12-9-26(10-13-29)17-32-23-15-20(5-6-21(23)26)31-16-18-14-19(27)4-7-22(18)28/h4-7,14-15H,8-13,16-17H2,1-3H3. The molecule has 0 amide bonds. The molecule has 33 heavy (non-hydrogen) atoms. The Labute approximate surface area is 205 Å². The molecule has 0 radical (unpaired) electrons. The maximum absolute atomic E-state index is 12.0. The summed E-state index contributed by atoms with van der Waals surface area (Å²) in [6.07, 6.45) is 2.44. The number of piperidine rings is 1. The molecule has 1 fully saturated rings. The van der Waals surface area contributed by atoms with E-state index in [2.05, 4.69) is 11.0 Å². The Morgan fingerprint density at radius 1 is 1.12 bits per heavy atom. The summed E-state index contributed by atoms with van der Waals surface area (Å²) in [5.41, 5.74) is 1.70. The molecule has 1 spiro atoms. The van der Waals surface area contributed by atoms with Crippen molar-refractivity contribution < 1.29 is 19.0 Å². The van der Waals surface area contributed by atoms with Gasteiger partial charge in [0.05, 0.1) is 13.0 Å². The van der Waals surface area contributed by atoms with E-state index >= 15 is 0 Å². The van der Waals surface area contributed by atoms with Crippen molar-refractivity contribution in [1.29, 1.82) is 0 Å². The third kappa shape index (κ3) is 5.95. The summed E-state index contributed by atoms with van der Waals surface area (Å²) in [5.74, 6) is 1.51. The highest BCUT2D eigenvalue weighted by Crippen LogP contribution is 2.46. The molecule has 2 aliphatic rings. The van der Waals surface area contributed by atoms with Crippen molar-refractivity contribution in [3.8, 4) is 11.5 Å². The third-order valence-electron chi connectivity index (χ3n) is 6.30. The van der Waals surface area contributed by atoms with Gasteiger partial charge in [-0.15, -0.1) is 0 Å². The maximum Gasteiger partial charge on any atom is 0.307 e. The van der Waals surface area contributed by atoms with Gasteiger partial charge in [0.1, 0.15) is 23.7 Å². The average molecular weight is 492 g/mol. The van der Waals surface area contributed by atoms with Gasteiger partial charge in [0.2, 0.25) is 0 Å². The first-order valence-electron chi connectivity index (χ1n) is 11.4. The Bertz CT molecular complexity index is 1010. The first kappa shape index (κ1) is 24.2. The molecule has 0 aromatic heterocycles. The van der Waals surface area contributed by atoms with Crippen LogP contribution >= 0.6 is 23.2 Å². The van der Waals surface area contributed by atoms with Crippen molar-refractivity contribution in [3.05, 3.63) is 57.6 Å². The number of fused-ring (bicyclic) bond motifs is 2. The van der Waals surface area contributed by atoms with E-state index in [0.717, 1.165) is 49.5 Å². The Balaban J connectivity index is 1.32. The normalized spacial score (nSPS) is 17.5. The van der Waals surface area contributed by atoms with Crippen LogP contribution in [0.5, 0.6) is 11.5 Å². The number of carbonyl (C=O) groups excluding carboxylic acids is 1. The van der Waals surface area contributed by atoms with Crippen LogP contribution in [0.15, 0.2) is 36.4 Å². The van der Waals surface area contributed by atoms with E-state index in [1.54, 1.807) is 12.1 Å². The molecule has 1 saturated heterocycles. The maximum atomic E-state index is 12.0. The lowest BCUT2D eigenvalue weighted by Crippen LogP contribution is -2.44. The van der Waals surface area contributed by atoms with Crippen LogP contribution in [0.2, 0.25) is 10.0 Å². The number of hydrogen-bond acceptors (Lipinski definition) is 5. The lowest BCUT2D eigenvalue weighted by atomic mass is 9.74. The van der Waals surface area contributed by atoms with Gasteiger partial charge in [0.15, 0.2) is 0 Å². The van der Waals surface area contributed by atoms with Crippen molar-refractivity contribution in [2.24, 2.45) is 0 Å². The summed E-state index contributed by atoms with van der Waals surface area (Å²) >= 11 is 12.3. The van der Waals surface area contributed by atoms with Crippen LogP contribution in [-0.4, -0.2) is 42.7 Å². The number of benzene rings is 2. The highest BCUT2D eigenvalue weighted by Gasteiger charge is 2.43. The van der Waals surface area contributed by atoms with Crippen molar-refractivity contribution in [2.45, 2.75) is 57.7 Å². The summed E-state index contributed by atoms with van der Waals surface area (Å²) in [6.45, 7) is 9.34. The predicted molar refractivity (Wildman–Crippen MR) is 131 cm³/mol. The largest absolute Gasteiger partial charge is 0.492 e. The SMILES string of the molecule is CC(C)(C)OC(=O)CCN1CCC2(CC1)COc1cc(OCc3cc(Cl)ccc3Cl)ccc12. The number of halogens is 2. The molecule has 0 N–H and O–H groups in total. The quantitative estimate of drug-likeness (QED) is 0.461. The van der Waals surface area contributed by atoms with Gasteiger partial charge >= 0.3 is 5.97 Å². The molecule has 2 aromatic rings. The molecular formula is C26H31Cl2NO4. The minimum absolute atomic E-state index is 0.0343. The van der Waals surface area contributed by atoms with E-state index in [4.69, 9.17) is 37.4 Å². The first-order valence-corrected chi connectivity index (χ1v) is 12.2. The van der Waals surface area contributed by atoms with Gasteiger partial charge in [0, 0.05) is 39.2 Å². The molecule has 2 aliphatic heterocycles. The predicted octanol–water partition coefficient (Wildman–Crippen LogP) is 6.03. The van der Waals surface area contributed by atoms with E-state index in [-0.39, 0.29) is 11.4 Å². The van der Waals surface area contributed by atoms with Crippen molar-refractivity contribution in [3.63, 3.8) is 0 Å². The number of rotatable bonds is 6. The lowest BCUT2D eigenvalue weighted by molar-refractivity contribution is -0.155. The van der Waals surface area contributed by atoms with Gasteiger partial charge in [0.25, 0.3) is 0 Å². The molecule has 4 rings (SSSR count). The lowest BCUT2D eigenvalue weighted by Gasteiger charge is -2.38. The van der Waals surface area contributed by atoms with Gasteiger partial charge in [-0.2, -0.15) is 0 Å². The van der Waals surface area contributed by atoms with Gasteiger partial charge < -0.3 is 19.1 Å². The minimum Gasteiger partial charge on any atom is -0.492 e. The van der Waals surface area contributed by atoms with Crippen molar-refractivity contribution >= 4 is 29.2 Å². The fraction of sp³-hybridized carbons (Fsp3) is 0.500. The number of esters is 1. The van der Waals surface area contributed by atoms with E-state index in [1.165, 1.54) is 5.56 Å². The molecule has 178 valence electrons. The zero-order chi connectivity index (χ0) is 23.6. The topological polar surface area (TPSA) is 48.0 Å². The molecule has 0 bridgehead atoms. The second-order valence-electron chi connectivity index (χ2n) is 9.93. The van der Waals surface area contributed by atoms with Crippen LogP contribution in [0.25, 0.3) is 0 Å². The first-order chi connectivity index (χ1) is 15.6. The fourth-order valence-electron chi connectivity index (χ4n) is 4.52. The van der Waals surface area contributed by atoms with Crippen LogP contribution in [-0.2, 0) is 21.6 Å². The molecule has 0 aliphatic carbocycles. The number of likely N-dealkylation sites (tertiary alicyclic amines) is 1. The minimum atomic E-state index is -0.434. The molecule has 0 unspecified atom stereocenters. The monoisotopic (exact) mass is 491 g/mol. The second kappa shape index (κ2) is 9.73. The summed E-state index contributed by atoms with van der Waals surface area (Å²) < 4.78 is 17.5. The molecule has 7 heteroatoms. The van der Waals surface area contributed by atoms with Crippen LogP contribution in [0, 0.1) is 0 Å². The number of hydrogen-bond donors (Lipinski definition) is 0. The molecule has 0 saturated carbocycles. The van der Waals surface area contributed by atoms with Gasteiger partial charge in [-0.1, -0.05) is 29.3 Å². The van der Waals surface area contributed by atoms with E-state index < -0.39 is 5.60 Å². The van der Waals surface area contributed by atoms with Gasteiger partial charge in [-0.05, 0) is 71.0 Å². The molecule has 5 nitrogen and oxygen atoms in total. The van der Waals surface area contributed by atoms with Crippen molar-refractivity contribution in [2.75, 3.05) is 26.2 Å². The van der Waals surface area contributed by atoms with Crippen LogP contribution in [0.1, 0.15) is 51.2 Å². The number of ether oxygens (including phenoxy) is 3. The second-order valence-corrected chi connectivity index (χ2v) is 10.8. The van der Waals surface area contributed by atoms with Gasteiger partial charge in [-0.3, -0.25) is 4.79 Å². The highest BCUT2D eigenvalue weighted by atomic mass is 35.5. The van der Waals surface area contributed by atoms with Crippen molar-refractivity contribution in [1.82, 2.24) is 4.90 Å². The van der Waals surface area contributed by atoms with E-state index in [0.29, 0.717) is 29.7 Å². The van der Waals surface area contributed by atoms with Crippen LogP contribution in [0.4, 0.5) is 0 Å². The zero-order valence-corrected chi connectivity index (χ0v) is 21.0. The molecular weight excluding hydrogens is 461 g/mol. The fourth-order valence-corrected chi connectivity index (χ4v) is 4.89. The van der Waals surface area contributed by atoms with Crippen LogP contribution in [0.3, 0.4) is 0 Å². The average Bonchev–Trinajstić information content (AvgIpc) is 3.10. The van der Waals surface area contributed by atoms with Gasteiger partial charge in [-0.25, -0.2) is 0 Å². The summed E-state index contributed by atoms with van der Waals surface area (Å²) in [4.78, 5) is 14.4. The summed E-state index contributed by atoms with van der Waals surface area (Å²) in [5, 5.41) is 1.27. The smallest absolute Gasteiger partial charge is 0.307 e. The molecule has 2 aromatic carbocycles. The van der Waals surface area contributed by atoms with Crippen LogP contribution < -0.4 is 9.47 Å². The Hall–Kier alpha value is -1.95. The summed E-state index contributed by atoms with van der Waals surface area (Å²) in [7, 11) is 0. The Morgan fingerprint density at radius 3 is 2.61 bits per heavy atom. The highest BCUT2D eigenvalue weighted by molar-refractivity contribution is 6.33. The Kier molecular flexibility index (Phi) is 7.13. The number of nitrogens with zero attached hydrogens (tertiary/aromatic N) is 1. The molecule has 0 atom stereocenters. The third-order valence-corrected chi connectivity index (χ3v) is 6.90. The number of carbonyl (C=O) groups is 1. The van der Waals surface area contributed by atoms with E-state index in [1.807, 2.05) is 39.0 Å². The van der Waals surface area contributed by atoms with E-state index in [9.17, 15) is 4.79 Å². The Morgan fingerprint density at radius 2 is 1.88 bits per heavy atom. The summed E-state index contributed by atoms with van der Waals surface area (Å²) in [6, 6.07) is 11.5.